The predicted octanol–water partition coefficient (Wildman–Crippen LogP) is 2.26. The molecule has 2 unspecified atom stereocenters. The molecule has 1 aromatic carbocycles. The molecule has 0 aliphatic carbocycles. The number of hydrogen-bond acceptors (Lipinski definition) is 3. The third kappa shape index (κ3) is 2.02. The van der Waals surface area contributed by atoms with E-state index in [-0.39, 0.29) is 6.04 Å². The predicted molar refractivity (Wildman–Crippen MR) is 66.1 cm³/mol. The van der Waals surface area contributed by atoms with Gasteiger partial charge in [0.15, 0.2) is 17.5 Å². The summed E-state index contributed by atoms with van der Waals surface area (Å²) >= 11 is 0. The molecule has 0 amide bonds. The Morgan fingerprint density at radius 2 is 2.11 bits per heavy atom. The Balaban J connectivity index is 2.03. The van der Waals surface area contributed by atoms with Gasteiger partial charge in [0.1, 0.15) is 5.82 Å². The van der Waals surface area contributed by atoms with E-state index < -0.39 is 11.6 Å². The van der Waals surface area contributed by atoms with Crippen molar-refractivity contribution in [2.45, 2.75) is 25.9 Å². The Hall–Kier alpha value is -1.82. The summed E-state index contributed by atoms with van der Waals surface area (Å²) in [7, 11) is 0. The van der Waals surface area contributed by atoms with Crippen LogP contribution in [0.2, 0.25) is 0 Å². The number of aryl methyl sites for hydroxylation is 1. The molecule has 2 heterocycles. The molecule has 2 atom stereocenters. The first-order chi connectivity index (χ1) is 9.06. The Labute approximate surface area is 109 Å². The average molecular weight is 264 g/mol. The Morgan fingerprint density at radius 1 is 1.32 bits per heavy atom. The summed E-state index contributed by atoms with van der Waals surface area (Å²) in [5.74, 6) is -0.340. The van der Waals surface area contributed by atoms with Crippen molar-refractivity contribution in [1.82, 2.24) is 14.8 Å². The average Bonchev–Trinajstić information content (AvgIpc) is 2.82. The number of hydrogen-bond donors (Lipinski definition) is 1. The third-order valence-corrected chi connectivity index (χ3v) is 3.59. The first-order valence-electron chi connectivity index (χ1n) is 6.22. The Morgan fingerprint density at radius 3 is 2.84 bits per heavy atom. The van der Waals surface area contributed by atoms with Gasteiger partial charge in [-0.15, -0.1) is 0 Å². The lowest BCUT2D eigenvalue weighted by Gasteiger charge is -2.24. The van der Waals surface area contributed by atoms with Gasteiger partial charge in [-0.3, -0.25) is 0 Å². The SMILES string of the molecule is CC1CCn2nc(-c3ccc(F)c(F)c3)nc2C1N. The molecule has 0 spiro atoms. The van der Waals surface area contributed by atoms with Crippen molar-refractivity contribution < 1.29 is 8.78 Å². The van der Waals surface area contributed by atoms with Crippen LogP contribution in [0.1, 0.15) is 25.2 Å². The minimum absolute atomic E-state index is 0.166. The zero-order valence-electron chi connectivity index (χ0n) is 10.5. The third-order valence-electron chi connectivity index (χ3n) is 3.59. The fraction of sp³-hybridized carbons (Fsp3) is 0.385. The maximum atomic E-state index is 13.2. The van der Waals surface area contributed by atoms with Crippen molar-refractivity contribution in [3.05, 3.63) is 35.7 Å². The summed E-state index contributed by atoms with van der Waals surface area (Å²) in [5, 5.41) is 4.31. The molecule has 0 saturated carbocycles. The van der Waals surface area contributed by atoms with E-state index in [0.717, 1.165) is 25.1 Å². The highest BCUT2D eigenvalue weighted by atomic mass is 19.2. The topological polar surface area (TPSA) is 56.7 Å². The number of nitrogens with zero attached hydrogens (tertiary/aromatic N) is 3. The van der Waals surface area contributed by atoms with Gasteiger partial charge in [0.25, 0.3) is 0 Å². The molecule has 3 rings (SSSR count). The van der Waals surface area contributed by atoms with E-state index in [9.17, 15) is 8.78 Å². The van der Waals surface area contributed by atoms with Crippen LogP contribution in [0.25, 0.3) is 11.4 Å². The second-order valence-electron chi connectivity index (χ2n) is 4.94. The van der Waals surface area contributed by atoms with Crippen molar-refractivity contribution in [2.24, 2.45) is 11.7 Å². The van der Waals surface area contributed by atoms with Crippen molar-refractivity contribution in [3.8, 4) is 11.4 Å². The normalized spacial score (nSPS) is 22.3. The lowest BCUT2D eigenvalue weighted by atomic mass is 9.95. The number of halogens is 2. The van der Waals surface area contributed by atoms with Gasteiger partial charge in [-0.25, -0.2) is 18.4 Å². The molecule has 100 valence electrons. The largest absolute Gasteiger partial charge is 0.321 e. The molecule has 0 bridgehead atoms. The highest BCUT2D eigenvalue weighted by Gasteiger charge is 2.27. The van der Waals surface area contributed by atoms with Crippen LogP contribution in [0.4, 0.5) is 8.78 Å². The molecule has 0 saturated heterocycles. The summed E-state index contributed by atoms with van der Waals surface area (Å²) < 4.78 is 27.9. The first kappa shape index (κ1) is 12.2. The van der Waals surface area contributed by atoms with E-state index in [2.05, 4.69) is 17.0 Å². The van der Waals surface area contributed by atoms with Crippen LogP contribution in [-0.4, -0.2) is 14.8 Å². The monoisotopic (exact) mass is 264 g/mol. The summed E-state index contributed by atoms with van der Waals surface area (Å²) in [6, 6.07) is 3.48. The van der Waals surface area contributed by atoms with Crippen LogP contribution >= 0.6 is 0 Å². The smallest absolute Gasteiger partial charge is 0.181 e. The maximum absolute atomic E-state index is 13.2. The van der Waals surface area contributed by atoms with Crippen LogP contribution < -0.4 is 5.73 Å². The molecule has 1 aromatic heterocycles. The summed E-state index contributed by atoms with van der Waals surface area (Å²) in [4.78, 5) is 4.36. The molecule has 6 heteroatoms. The standard InChI is InChI=1S/C13H14F2N4/c1-7-4-5-19-13(11(7)16)17-12(18-19)8-2-3-9(14)10(15)6-8/h2-3,6-7,11H,4-5,16H2,1H3. The summed E-state index contributed by atoms with van der Waals surface area (Å²) in [6.45, 7) is 2.82. The number of nitrogens with two attached hydrogens (primary N) is 1. The van der Waals surface area contributed by atoms with Gasteiger partial charge in [0.2, 0.25) is 0 Å². The van der Waals surface area contributed by atoms with E-state index in [1.807, 2.05) is 0 Å². The molecular formula is C13H14F2N4. The summed E-state index contributed by atoms with van der Waals surface area (Å²) in [5.41, 5.74) is 6.54. The van der Waals surface area contributed by atoms with E-state index in [1.165, 1.54) is 6.07 Å². The van der Waals surface area contributed by atoms with E-state index in [4.69, 9.17) is 5.73 Å². The number of aromatic nitrogens is 3. The molecule has 1 aliphatic heterocycles. The zero-order chi connectivity index (χ0) is 13.6. The van der Waals surface area contributed by atoms with Crippen LogP contribution in [0.5, 0.6) is 0 Å². The van der Waals surface area contributed by atoms with Crippen LogP contribution in [0, 0.1) is 17.6 Å². The molecule has 2 N–H and O–H groups in total. The number of benzene rings is 1. The van der Waals surface area contributed by atoms with Gasteiger partial charge in [0, 0.05) is 12.1 Å². The fourth-order valence-electron chi connectivity index (χ4n) is 2.28. The minimum Gasteiger partial charge on any atom is -0.321 e. The van der Waals surface area contributed by atoms with Gasteiger partial charge in [-0.05, 0) is 30.5 Å². The second kappa shape index (κ2) is 4.38. The van der Waals surface area contributed by atoms with E-state index in [0.29, 0.717) is 23.1 Å². The maximum Gasteiger partial charge on any atom is 0.181 e. The molecule has 1 aliphatic rings. The van der Waals surface area contributed by atoms with Gasteiger partial charge in [-0.1, -0.05) is 6.92 Å². The number of fused-ring (bicyclic) bond motifs is 1. The molecule has 19 heavy (non-hydrogen) atoms. The zero-order valence-corrected chi connectivity index (χ0v) is 10.5. The van der Waals surface area contributed by atoms with E-state index in [1.54, 1.807) is 4.68 Å². The Kier molecular flexibility index (Phi) is 2.82. The fourth-order valence-corrected chi connectivity index (χ4v) is 2.28. The quantitative estimate of drug-likeness (QED) is 0.859. The highest BCUT2D eigenvalue weighted by Crippen LogP contribution is 2.28. The first-order valence-corrected chi connectivity index (χ1v) is 6.22. The van der Waals surface area contributed by atoms with Crippen molar-refractivity contribution in [2.75, 3.05) is 0 Å². The van der Waals surface area contributed by atoms with Crippen molar-refractivity contribution >= 4 is 0 Å². The Bertz CT molecular complexity index is 623. The molecule has 0 fully saturated rings. The van der Waals surface area contributed by atoms with Gasteiger partial charge in [-0.2, -0.15) is 5.10 Å². The van der Waals surface area contributed by atoms with Gasteiger partial charge < -0.3 is 5.73 Å². The van der Waals surface area contributed by atoms with Gasteiger partial charge >= 0.3 is 0 Å². The molecule has 2 aromatic rings. The second-order valence-corrected chi connectivity index (χ2v) is 4.94. The molecule has 0 radical (unpaired) electrons. The van der Waals surface area contributed by atoms with E-state index >= 15 is 0 Å². The number of rotatable bonds is 1. The van der Waals surface area contributed by atoms with Crippen LogP contribution in [0.3, 0.4) is 0 Å². The minimum atomic E-state index is -0.900. The lowest BCUT2D eigenvalue weighted by molar-refractivity contribution is 0.323. The highest BCUT2D eigenvalue weighted by molar-refractivity contribution is 5.54. The van der Waals surface area contributed by atoms with Gasteiger partial charge in [0.05, 0.1) is 6.04 Å². The summed E-state index contributed by atoms with van der Waals surface area (Å²) in [6.07, 6.45) is 0.939. The van der Waals surface area contributed by atoms with Crippen molar-refractivity contribution in [1.29, 1.82) is 0 Å². The van der Waals surface area contributed by atoms with Crippen LogP contribution in [0.15, 0.2) is 18.2 Å². The van der Waals surface area contributed by atoms with Crippen LogP contribution in [-0.2, 0) is 6.54 Å². The van der Waals surface area contributed by atoms with Crippen molar-refractivity contribution in [3.63, 3.8) is 0 Å². The molecule has 4 nitrogen and oxygen atoms in total. The molecular weight excluding hydrogens is 250 g/mol. The lowest BCUT2D eigenvalue weighted by Crippen LogP contribution is -2.29.